The van der Waals surface area contributed by atoms with Crippen LogP contribution in [0, 0.1) is 11.6 Å². The highest BCUT2D eigenvalue weighted by molar-refractivity contribution is 5.60. The number of halogens is 2. The topological polar surface area (TPSA) is 25.8 Å². The van der Waals surface area contributed by atoms with Gasteiger partial charge in [0.05, 0.1) is 17.1 Å². The molecule has 0 amide bonds. The van der Waals surface area contributed by atoms with E-state index in [2.05, 4.69) is 9.97 Å². The third-order valence-electron chi connectivity index (χ3n) is 3.90. The average Bonchev–Trinajstić information content (AvgIpc) is 2.56. The van der Waals surface area contributed by atoms with Crippen molar-refractivity contribution in [1.82, 2.24) is 9.97 Å². The van der Waals surface area contributed by atoms with E-state index in [-0.39, 0.29) is 5.56 Å². The molecule has 3 aromatic rings. The quantitative estimate of drug-likeness (QED) is 0.698. The summed E-state index contributed by atoms with van der Waals surface area (Å²) in [6.07, 6.45) is 1.74. The molecule has 3 rings (SSSR count). The highest BCUT2D eigenvalue weighted by Gasteiger charge is 2.26. The first-order valence-corrected chi connectivity index (χ1v) is 7.33. The fourth-order valence-electron chi connectivity index (χ4n) is 2.49. The van der Waals surface area contributed by atoms with E-state index in [0.29, 0.717) is 5.69 Å². The number of aromatic nitrogens is 2. The molecular weight excluding hydrogens is 294 g/mol. The average molecular weight is 310 g/mol. The molecule has 0 saturated carbocycles. The van der Waals surface area contributed by atoms with Gasteiger partial charge < -0.3 is 0 Å². The maximum absolute atomic E-state index is 14.0. The number of pyridine rings is 2. The van der Waals surface area contributed by atoms with Crippen molar-refractivity contribution in [3.8, 4) is 11.3 Å². The van der Waals surface area contributed by atoms with Gasteiger partial charge in [-0.05, 0) is 50.2 Å². The van der Waals surface area contributed by atoms with Crippen molar-refractivity contribution in [2.75, 3.05) is 0 Å². The van der Waals surface area contributed by atoms with Gasteiger partial charge in [0.2, 0.25) is 0 Å². The maximum Gasteiger partial charge on any atom is 0.135 e. The minimum absolute atomic E-state index is 0.282. The molecule has 0 aliphatic carbocycles. The normalized spacial score (nSPS) is 11.5. The molecule has 0 spiro atoms. The summed E-state index contributed by atoms with van der Waals surface area (Å²) in [7, 11) is 0. The Hall–Kier alpha value is -2.62. The van der Waals surface area contributed by atoms with Gasteiger partial charge >= 0.3 is 0 Å². The molecule has 0 fully saturated rings. The Morgan fingerprint density at radius 2 is 1.65 bits per heavy atom. The lowest BCUT2D eigenvalue weighted by molar-refractivity contribution is 0.583. The van der Waals surface area contributed by atoms with Gasteiger partial charge in [-0.3, -0.25) is 9.97 Å². The third-order valence-corrected chi connectivity index (χ3v) is 3.90. The van der Waals surface area contributed by atoms with Crippen LogP contribution in [-0.4, -0.2) is 9.97 Å². The fourth-order valence-corrected chi connectivity index (χ4v) is 2.49. The van der Waals surface area contributed by atoms with Gasteiger partial charge in [0, 0.05) is 23.2 Å². The summed E-state index contributed by atoms with van der Waals surface area (Å²) in [5, 5.41) is 0. The Bertz CT molecular complexity index is 830. The second-order valence-electron chi connectivity index (χ2n) is 5.87. The van der Waals surface area contributed by atoms with Crippen LogP contribution in [0.2, 0.25) is 0 Å². The Morgan fingerprint density at radius 3 is 2.35 bits per heavy atom. The summed E-state index contributed by atoms with van der Waals surface area (Å²) in [5.74, 6) is -1.22. The number of nitrogens with zero attached hydrogens (tertiary/aromatic N) is 2. The zero-order valence-corrected chi connectivity index (χ0v) is 12.9. The summed E-state index contributed by atoms with van der Waals surface area (Å²) in [6, 6.07) is 14.7. The van der Waals surface area contributed by atoms with E-state index >= 15 is 0 Å². The van der Waals surface area contributed by atoms with Gasteiger partial charge in [-0.1, -0.05) is 12.1 Å². The Labute approximate surface area is 133 Å². The summed E-state index contributed by atoms with van der Waals surface area (Å²) >= 11 is 0. The first-order valence-electron chi connectivity index (χ1n) is 7.33. The first kappa shape index (κ1) is 15.3. The zero-order valence-electron chi connectivity index (χ0n) is 12.9. The van der Waals surface area contributed by atoms with Gasteiger partial charge in [0.25, 0.3) is 0 Å². The number of hydrogen-bond donors (Lipinski definition) is 0. The molecule has 23 heavy (non-hydrogen) atoms. The van der Waals surface area contributed by atoms with Crippen LogP contribution in [-0.2, 0) is 5.41 Å². The van der Waals surface area contributed by atoms with Gasteiger partial charge in [-0.15, -0.1) is 0 Å². The molecule has 2 aromatic heterocycles. The van der Waals surface area contributed by atoms with E-state index in [4.69, 9.17) is 0 Å². The summed E-state index contributed by atoms with van der Waals surface area (Å²) < 4.78 is 27.1. The lowest BCUT2D eigenvalue weighted by atomic mass is 9.84. The van der Waals surface area contributed by atoms with Crippen molar-refractivity contribution >= 4 is 0 Å². The minimum Gasteiger partial charge on any atom is -0.260 e. The number of hydrogen-bond acceptors (Lipinski definition) is 2. The Morgan fingerprint density at radius 1 is 0.870 bits per heavy atom. The molecule has 0 bridgehead atoms. The molecule has 2 nitrogen and oxygen atoms in total. The minimum atomic E-state index is -0.620. The van der Waals surface area contributed by atoms with Crippen LogP contribution in [0.25, 0.3) is 11.3 Å². The standard InChI is InChI=1S/C19H16F2N2/c1-19(2,17-7-3-4-11-22-17)18-8-5-6-16(23-18)14-10-9-13(20)12-15(14)21/h3-12H,1-2H3. The van der Waals surface area contributed by atoms with E-state index in [1.165, 1.54) is 12.1 Å². The van der Waals surface area contributed by atoms with Crippen LogP contribution in [0.5, 0.6) is 0 Å². The predicted octanol–water partition coefficient (Wildman–Crippen LogP) is 4.75. The molecule has 0 N–H and O–H groups in total. The maximum atomic E-state index is 14.0. The highest BCUT2D eigenvalue weighted by atomic mass is 19.1. The molecule has 1 aromatic carbocycles. The fraction of sp³-hybridized carbons (Fsp3) is 0.158. The molecule has 0 radical (unpaired) electrons. The van der Waals surface area contributed by atoms with Gasteiger partial charge in [-0.2, -0.15) is 0 Å². The van der Waals surface area contributed by atoms with Crippen LogP contribution < -0.4 is 0 Å². The second-order valence-corrected chi connectivity index (χ2v) is 5.87. The molecule has 0 aliphatic rings. The van der Waals surface area contributed by atoms with Crippen LogP contribution in [0.15, 0.2) is 60.8 Å². The van der Waals surface area contributed by atoms with E-state index in [9.17, 15) is 8.78 Å². The summed E-state index contributed by atoms with van der Waals surface area (Å²) in [5.41, 5.74) is 1.99. The van der Waals surface area contributed by atoms with Crippen molar-refractivity contribution < 1.29 is 8.78 Å². The predicted molar refractivity (Wildman–Crippen MR) is 86.0 cm³/mol. The smallest absolute Gasteiger partial charge is 0.135 e. The van der Waals surface area contributed by atoms with Gasteiger partial charge in [0.15, 0.2) is 0 Å². The van der Waals surface area contributed by atoms with Gasteiger partial charge in [0.1, 0.15) is 11.6 Å². The zero-order chi connectivity index (χ0) is 16.4. The summed E-state index contributed by atoms with van der Waals surface area (Å²) in [4.78, 5) is 8.97. The Kier molecular flexibility index (Phi) is 3.90. The van der Waals surface area contributed by atoms with Crippen LogP contribution >= 0.6 is 0 Å². The van der Waals surface area contributed by atoms with E-state index in [0.717, 1.165) is 17.5 Å². The molecule has 0 atom stereocenters. The molecule has 0 saturated heterocycles. The van der Waals surface area contributed by atoms with Crippen molar-refractivity contribution in [3.63, 3.8) is 0 Å². The summed E-state index contributed by atoms with van der Waals surface area (Å²) in [6.45, 7) is 4.03. The number of rotatable bonds is 3. The van der Waals surface area contributed by atoms with Crippen molar-refractivity contribution in [1.29, 1.82) is 0 Å². The largest absolute Gasteiger partial charge is 0.260 e. The van der Waals surface area contributed by atoms with E-state index in [1.54, 1.807) is 12.3 Å². The number of benzene rings is 1. The lowest BCUT2D eigenvalue weighted by Gasteiger charge is -2.24. The molecule has 0 unspecified atom stereocenters. The third kappa shape index (κ3) is 2.97. The molecule has 4 heteroatoms. The molecule has 2 heterocycles. The molecular formula is C19H16F2N2. The molecule has 116 valence electrons. The van der Waals surface area contributed by atoms with Crippen molar-refractivity contribution in [3.05, 3.63) is 83.8 Å². The van der Waals surface area contributed by atoms with E-state index in [1.807, 2.05) is 44.2 Å². The van der Waals surface area contributed by atoms with Crippen LogP contribution in [0.4, 0.5) is 8.78 Å². The van der Waals surface area contributed by atoms with Crippen molar-refractivity contribution in [2.24, 2.45) is 0 Å². The Balaban J connectivity index is 2.06. The van der Waals surface area contributed by atoms with Crippen LogP contribution in [0.3, 0.4) is 0 Å². The second kappa shape index (κ2) is 5.88. The first-order chi connectivity index (χ1) is 11.0. The van der Waals surface area contributed by atoms with Crippen LogP contribution in [0.1, 0.15) is 25.2 Å². The molecule has 0 aliphatic heterocycles. The highest BCUT2D eigenvalue weighted by Crippen LogP contribution is 2.30. The monoisotopic (exact) mass is 310 g/mol. The van der Waals surface area contributed by atoms with Gasteiger partial charge in [-0.25, -0.2) is 8.78 Å². The van der Waals surface area contributed by atoms with E-state index < -0.39 is 17.0 Å². The van der Waals surface area contributed by atoms with Crippen molar-refractivity contribution in [2.45, 2.75) is 19.3 Å². The SMILES string of the molecule is CC(C)(c1ccccn1)c1cccc(-c2ccc(F)cc2F)n1. The lowest BCUT2D eigenvalue weighted by Crippen LogP contribution is -2.22.